The third-order valence-electron chi connectivity index (χ3n) is 2.76. The first-order chi connectivity index (χ1) is 9.28. The van der Waals surface area contributed by atoms with Gasteiger partial charge in [0.1, 0.15) is 0 Å². The second kappa shape index (κ2) is 6.68. The second-order valence-electron chi connectivity index (χ2n) is 4.22. The number of hydrogen-bond donors (Lipinski definition) is 0. The van der Waals surface area contributed by atoms with Gasteiger partial charge in [-0.15, -0.1) is 5.10 Å². The molecule has 19 heavy (non-hydrogen) atoms. The molecule has 0 amide bonds. The third kappa shape index (κ3) is 4.21. The molecule has 2 rings (SSSR count). The number of ether oxygens (including phenoxy) is 1. The monoisotopic (exact) mass is 259 g/mol. The Morgan fingerprint density at radius 1 is 1.26 bits per heavy atom. The van der Waals surface area contributed by atoms with E-state index < -0.39 is 0 Å². The first-order valence-electron chi connectivity index (χ1n) is 6.35. The zero-order chi connectivity index (χ0) is 13.5. The maximum absolute atomic E-state index is 11.3. The summed E-state index contributed by atoms with van der Waals surface area (Å²) < 4.78 is 6.67. The molecule has 2 aromatic rings. The fourth-order valence-electron chi connectivity index (χ4n) is 1.80. The molecule has 0 radical (unpaired) electrons. The van der Waals surface area contributed by atoms with Gasteiger partial charge in [0, 0.05) is 12.6 Å². The molecule has 5 nitrogen and oxygen atoms in total. The van der Waals surface area contributed by atoms with Gasteiger partial charge in [0.05, 0.1) is 19.3 Å². The van der Waals surface area contributed by atoms with E-state index in [-0.39, 0.29) is 5.97 Å². The van der Waals surface area contributed by atoms with Crippen molar-refractivity contribution in [2.75, 3.05) is 6.61 Å². The summed E-state index contributed by atoms with van der Waals surface area (Å²) >= 11 is 0. The summed E-state index contributed by atoms with van der Waals surface area (Å²) in [5.74, 6) is -0.144. The van der Waals surface area contributed by atoms with Gasteiger partial charge in [0.2, 0.25) is 0 Å². The minimum Gasteiger partial charge on any atom is -0.466 e. The van der Waals surface area contributed by atoms with Crippen LogP contribution in [0.15, 0.2) is 36.7 Å². The molecule has 0 aliphatic rings. The number of aryl methyl sites for hydroxylation is 1. The van der Waals surface area contributed by atoms with Gasteiger partial charge in [0.15, 0.2) is 0 Å². The van der Waals surface area contributed by atoms with Crippen molar-refractivity contribution in [3.05, 3.63) is 47.8 Å². The molecule has 1 aromatic heterocycles. The van der Waals surface area contributed by atoms with Crippen LogP contribution in [0.3, 0.4) is 0 Å². The van der Waals surface area contributed by atoms with Gasteiger partial charge >= 0.3 is 5.97 Å². The molecule has 0 aliphatic carbocycles. The minimum atomic E-state index is -0.144. The lowest BCUT2D eigenvalue weighted by Gasteiger charge is -2.04. The van der Waals surface area contributed by atoms with Crippen molar-refractivity contribution in [3.8, 4) is 0 Å². The van der Waals surface area contributed by atoms with Crippen molar-refractivity contribution < 1.29 is 9.53 Å². The summed E-state index contributed by atoms with van der Waals surface area (Å²) in [5.41, 5.74) is 2.29. The van der Waals surface area contributed by atoms with Crippen LogP contribution in [0.25, 0.3) is 0 Å². The largest absolute Gasteiger partial charge is 0.466 e. The zero-order valence-electron chi connectivity index (χ0n) is 11.0. The Morgan fingerprint density at radius 3 is 2.63 bits per heavy atom. The first-order valence-corrected chi connectivity index (χ1v) is 6.35. The van der Waals surface area contributed by atoms with E-state index in [0.29, 0.717) is 26.0 Å². The molecular weight excluding hydrogens is 242 g/mol. The molecule has 0 fully saturated rings. The van der Waals surface area contributed by atoms with E-state index in [1.165, 1.54) is 0 Å². The molecule has 0 saturated carbocycles. The van der Waals surface area contributed by atoms with Crippen LogP contribution >= 0.6 is 0 Å². The Morgan fingerprint density at radius 2 is 2.00 bits per heavy atom. The number of rotatable bonds is 6. The lowest BCUT2D eigenvalue weighted by molar-refractivity contribution is -0.143. The van der Waals surface area contributed by atoms with E-state index in [1.54, 1.807) is 10.9 Å². The van der Waals surface area contributed by atoms with Gasteiger partial charge in [-0.1, -0.05) is 29.5 Å². The summed E-state index contributed by atoms with van der Waals surface area (Å²) in [7, 11) is 0. The number of hydrogen-bond acceptors (Lipinski definition) is 4. The fraction of sp³-hybridized carbons (Fsp3) is 0.357. The Hall–Kier alpha value is -2.17. The number of carbonyl (C=O) groups is 1. The number of nitrogens with zero attached hydrogens (tertiary/aromatic N) is 3. The van der Waals surface area contributed by atoms with Crippen LogP contribution in [0.1, 0.15) is 24.5 Å². The van der Waals surface area contributed by atoms with Gasteiger partial charge in [-0.05, 0) is 24.5 Å². The van der Waals surface area contributed by atoms with Gasteiger partial charge in [-0.2, -0.15) is 0 Å². The maximum Gasteiger partial charge on any atom is 0.306 e. The van der Waals surface area contributed by atoms with Crippen molar-refractivity contribution in [2.24, 2.45) is 0 Å². The molecule has 1 heterocycles. The predicted molar refractivity (Wildman–Crippen MR) is 70.5 cm³/mol. The highest BCUT2D eigenvalue weighted by Crippen LogP contribution is 2.08. The van der Waals surface area contributed by atoms with Crippen molar-refractivity contribution in [3.63, 3.8) is 0 Å². The van der Waals surface area contributed by atoms with Crippen LogP contribution in [-0.4, -0.2) is 27.6 Å². The normalized spacial score (nSPS) is 10.4. The lowest BCUT2D eigenvalue weighted by atomic mass is 10.1. The predicted octanol–water partition coefficient (Wildman–Crippen LogP) is 1.82. The van der Waals surface area contributed by atoms with Crippen molar-refractivity contribution in [1.29, 1.82) is 0 Å². The molecule has 0 aliphatic heterocycles. The fourth-order valence-corrected chi connectivity index (χ4v) is 1.80. The Balaban J connectivity index is 1.86. The first kappa shape index (κ1) is 13.3. The molecule has 0 N–H and O–H groups in total. The Kier molecular flexibility index (Phi) is 4.66. The number of carbonyl (C=O) groups excluding carboxylic acids is 1. The summed E-state index contributed by atoms with van der Waals surface area (Å²) in [5, 5.41) is 7.68. The highest BCUT2D eigenvalue weighted by Gasteiger charge is 2.03. The molecule has 0 bridgehead atoms. The Labute approximate surface area is 112 Å². The molecule has 0 spiro atoms. The zero-order valence-corrected chi connectivity index (χ0v) is 11.0. The standard InChI is InChI=1S/C14H17N3O2/c1-2-19-14(18)8-7-12-3-5-13(6-4-12)11-17-10-9-15-16-17/h3-6,9-10H,2,7-8,11H2,1H3. The maximum atomic E-state index is 11.3. The SMILES string of the molecule is CCOC(=O)CCc1ccc(Cn2ccnn2)cc1. The lowest BCUT2D eigenvalue weighted by Crippen LogP contribution is -2.05. The molecule has 0 atom stereocenters. The molecule has 0 unspecified atom stereocenters. The molecule has 100 valence electrons. The van der Waals surface area contributed by atoms with Crippen LogP contribution in [0.4, 0.5) is 0 Å². The van der Waals surface area contributed by atoms with E-state index in [1.807, 2.05) is 37.4 Å². The van der Waals surface area contributed by atoms with Gasteiger partial charge < -0.3 is 4.74 Å². The van der Waals surface area contributed by atoms with E-state index >= 15 is 0 Å². The highest BCUT2D eigenvalue weighted by atomic mass is 16.5. The smallest absolute Gasteiger partial charge is 0.306 e. The average Bonchev–Trinajstić information content (AvgIpc) is 2.91. The molecular formula is C14H17N3O2. The van der Waals surface area contributed by atoms with Gasteiger partial charge in [0.25, 0.3) is 0 Å². The molecule has 0 saturated heterocycles. The second-order valence-corrected chi connectivity index (χ2v) is 4.22. The Bertz CT molecular complexity index is 506. The van der Waals surface area contributed by atoms with Gasteiger partial charge in [-0.25, -0.2) is 4.68 Å². The van der Waals surface area contributed by atoms with Crippen LogP contribution in [0.5, 0.6) is 0 Å². The van der Waals surface area contributed by atoms with Crippen molar-refractivity contribution >= 4 is 5.97 Å². The number of aromatic nitrogens is 3. The minimum absolute atomic E-state index is 0.144. The quantitative estimate of drug-likeness (QED) is 0.742. The van der Waals surface area contributed by atoms with Crippen LogP contribution in [0, 0.1) is 0 Å². The van der Waals surface area contributed by atoms with E-state index in [4.69, 9.17) is 4.74 Å². The van der Waals surface area contributed by atoms with Gasteiger partial charge in [-0.3, -0.25) is 4.79 Å². The third-order valence-corrected chi connectivity index (χ3v) is 2.76. The van der Waals surface area contributed by atoms with Crippen molar-refractivity contribution in [2.45, 2.75) is 26.3 Å². The van der Waals surface area contributed by atoms with E-state index in [9.17, 15) is 4.79 Å². The summed E-state index contributed by atoms with van der Waals surface area (Å²) in [6, 6.07) is 8.15. The molecule has 1 aromatic carbocycles. The topological polar surface area (TPSA) is 57.0 Å². The number of benzene rings is 1. The molecule has 5 heteroatoms. The van der Waals surface area contributed by atoms with Crippen LogP contribution < -0.4 is 0 Å². The van der Waals surface area contributed by atoms with Crippen LogP contribution in [0.2, 0.25) is 0 Å². The summed E-state index contributed by atoms with van der Waals surface area (Å²) in [6.07, 6.45) is 4.63. The summed E-state index contributed by atoms with van der Waals surface area (Å²) in [4.78, 5) is 11.3. The van der Waals surface area contributed by atoms with E-state index in [0.717, 1.165) is 11.1 Å². The summed E-state index contributed by atoms with van der Waals surface area (Å²) in [6.45, 7) is 2.96. The van der Waals surface area contributed by atoms with Crippen LogP contribution in [-0.2, 0) is 22.5 Å². The highest BCUT2D eigenvalue weighted by molar-refractivity contribution is 5.69. The average molecular weight is 259 g/mol. The number of esters is 1. The van der Waals surface area contributed by atoms with E-state index in [2.05, 4.69) is 10.3 Å². The van der Waals surface area contributed by atoms with Crippen molar-refractivity contribution in [1.82, 2.24) is 15.0 Å².